The van der Waals surface area contributed by atoms with Gasteiger partial charge in [-0.1, -0.05) is 24.4 Å². The minimum atomic E-state index is 0.00305. The third-order valence-electron chi connectivity index (χ3n) is 3.93. The van der Waals surface area contributed by atoms with Gasteiger partial charge in [0.2, 0.25) is 5.91 Å². The highest BCUT2D eigenvalue weighted by Crippen LogP contribution is 2.23. The van der Waals surface area contributed by atoms with Gasteiger partial charge in [0.25, 0.3) is 0 Å². The quantitative estimate of drug-likeness (QED) is 0.652. The van der Waals surface area contributed by atoms with E-state index in [0.717, 1.165) is 16.8 Å². The van der Waals surface area contributed by atoms with Crippen molar-refractivity contribution in [3.63, 3.8) is 0 Å². The summed E-state index contributed by atoms with van der Waals surface area (Å²) >= 11 is 7.57. The smallest absolute Gasteiger partial charge is 0.243 e. The third-order valence-corrected chi connectivity index (χ3v) is 5.15. The molecule has 0 atom stereocenters. The largest absolute Gasteiger partial charge is 0.353 e. The van der Waals surface area contributed by atoms with E-state index in [-0.39, 0.29) is 12.5 Å². The first-order chi connectivity index (χ1) is 11.0. The molecular formula is C16H25ClN4OS. The van der Waals surface area contributed by atoms with Gasteiger partial charge in [-0.3, -0.25) is 4.79 Å². The standard InChI is InChI=1S/C16H25ClN4OS/c1-20(2)15(22)10-18-16(19-12-6-4-5-7-12)21(3)11-13-8-9-14(17)23-13/h8-9,12H,4-7,10-11H2,1-3H3,(H,18,19). The van der Waals surface area contributed by atoms with Crippen LogP contribution < -0.4 is 5.32 Å². The zero-order chi connectivity index (χ0) is 16.8. The summed E-state index contributed by atoms with van der Waals surface area (Å²) in [7, 11) is 5.49. The minimum Gasteiger partial charge on any atom is -0.353 e. The highest BCUT2D eigenvalue weighted by atomic mass is 35.5. The lowest BCUT2D eigenvalue weighted by Crippen LogP contribution is -2.43. The molecule has 1 aliphatic rings. The lowest BCUT2D eigenvalue weighted by Gasteiger charge is -2.25. The Balaban J connectivity index is 2.04. The first-order valence-electron chi connectivity index (χ1n) is 7.92. The van der Waals surface area contributed by atoms with Gasteiger partial charge in [-0.25, -0.2) is 4.99 Å². The molecule has 0 bridgehead atoms. The van der Waals surface area contributed by atoms with Crippen LogP contribution in [0.5, 0.6) is 0 Å². The van der Waals surface area contributed by atoms with Crippen molar-refractivity contribution in [2.24, 2.45) is 4.99 Å². The Morgan fingerprint density at radius 2 is 2.04 bits per heavy atom. The van der Waals surface area contributed by atoms with Gasteiger partial charge in [0.15, 0.2) is 5.96 Å². The molecule has 0 spiro atoms. The molecule has 0 radical (unpaired) electrons. The molecule has 1 aliphatic carbocycles. The Hall–Kier alpha value is -1.27. The number of aliphatic imine (C=N–C) groups is 1. The van der Waals surface area contributed by atoms with E-state index in [1.165, 1.54) is 30.6 Å². The summed E-state index contributed by atoms with van der Waals surface area (Å²) in [5, 5.41) is 3.51. The van der Waals surface area contributed by atoms with Crippen molar-refractivity contribution < 1.29 is 4.79 Å². The summed E-state index contributed by atoms with van der Waals surface area (Å²) in [4.78, 5) is 21.2. The molecule has 0 aromatic carbocycles. The SMILES string of the molecule is CN(C)C(=O)CN=C(NC1CCCC1)N(C)Cc1ccc(Cl)s1. The molecule has 1 aromatic heterocycles. The maximum atomic E-state index is 11.8. The van der Waals surface area contributed by atoms with E-state index >= 15 is 0 Å². The average molecular weight is 357 g/mol. The summed E-state index contributed by atoms with van der Waals surface area (Å²) in [6, 6.07) is 4.39. The van der Waals surface area contributed by atoms with Crippen LogP contribution in [0.3, 0.4) is 0 Å². The van der Waals surface area contributed by atoms with Crippen molar-refractivity contribution in [1.82, 2.24) is 15.1 Å². The molecule has 23 heavy (non-hydrogen) atoms. The van der Waals surface area contributed by atoms with Gasteiger partial charge in [0.05, 0.1) is 10.9 Å². The summed E-state index contributed by atoms with van der Waals surface area (Å²) in [6.45, 7) is 0.893. The highest BCUT2D eigenvalue weighted by molar-refractivity contribution is 7.16. The van der Waals surface area contributed by atoms with Crippen LogP contribution in [0.25, 0.3) is 0 Å². The Morgan fingerprint density at radius 3 is 2.61 bits per heavy atom. The zero-order valence-corrected chi connectivity index (χ0v) is 15.6. The van der Waals surface area contributed by atoms with Crippen LogP contribution in [0.4, 0.5) is 0 Å². The number of carbonyl (C=O) groups is 1. The molecule has 5 nitrogen and oxygen atoms in total. The topological polar surface area (TPSA) is 47.9 Å². The predicted molar refractivity (Wildman–Crippen MR) is 97.2 cm³/mol. The van der Waals surface area contributed by atoms with Crippen LogP contribution in [0.1, 0.15) is 30.6 Å². The summed E-state index contributed by atoms with van der Waals surface area (Å²) in [5.41, 5.74) is 0. The molecule has 1 aromatic rings. The summed E-state index contributed by atoms with van der Waals surface area (Å²) < 4.78 is 0.790. The van der Waals surface area contributed by atoms with E-state index in [2.05, 4.69) is 15.2 Å². The van der Waals surface area contributed by atoms with E-state index < -0.39 is 0 Å². The van der Waals surface area contributed by atoms with Crippen LogP contribution >= 0.6 is 22.9 Å². The van der Waals surface area contributed by atoms with Crippen molar-refractivity contribution >= 4 is 34.8 Å². The van der Waals surface area contributed by atoms with Gasteiger partial charge < -0.3 is 15.1 Å². The Labute approximate surface area is 147 Å². The van der Waals surface area contributed by atoms with Crippen LogP contribution in [0, 0.1) is 0 Å². The second-order valence-electron chi connectivity index (χ2n) is 6.12. The second kappa shape index (κ2) is 8.55. The fraction of sp³-hybridized carbons (Fsp3) is 0.625. The van der Waals surface area contributed by atoms with Crippen molar-refractivity contribution in [3.8, 4) is 0 Å². The maximum absolute atomic E-state index is 11.8. The molecule has 0 saturated heterocycles. The molecule has 1 saturated carbocycles. The molecule has 2 rings (SSSR count). The van der Waals surface area contributed by atoms with E-state index in [0.29, 0.717) is 6.04 Å². The molecule has 1 amide bonds. The average Bonchev–Trinajstić information content (AvgIpc) is 3.14. The van der Waals surface area contributed by atoms with Gasteiger partial charge in [0.1, 0.15) is 6.54 Å². The fourth-order valence-corrected chi connectivity index (χ4v) is 3.70. The lowest BCUT2D eigenvalue weighted by atomic mass is 10.2. The van der Waals surface area contributed by atoms with Crippen molar-refractivity contribution in [2.45, 2.75) is 38.3 Å². The van der Waals surface area contributed by atoms with Crippen molar-refractivity contribution in [3.05, 3.63) is 21.3 Å². The number of amides is 1. The molecular weight excluding hydrogens is 332 g/mol. The lowest BCUT2D eigenvalue weighted by molar-refractivity contribution is -0.127. The highest BCUT2D eigenvalue weighted by Gasteiger charge is 2.19. The van der Waals surface area contributed by atoms with Crippen molar-refractivity contribution in [1.29, 1.82) is 0 Å². The van der Waals surface area contributed by atoms with Gasteiger partial charge >= 0.3 is 0 Å². The van der Waals surface area contributed by atoms with Crippen LogP contribution in [-0.4, -0.2) is 55.4 Å². The van der Waals surface area contributed by atoms with Gasteiger partial charge in [-0.2, -0.15) is 0 Å². The van der Waals surface area contributed by atoms with Crippen LogP contribution in [-0.2, 0) is 11.3 Å². The zero-order valence-electron chi connectivity index (χ0n) is 14.0. The number of halogens is 1. The fourth-order valence-electron chi connectivity index (χ4n) is 2.56. The molecule has 128 valence electrons. The number of nitrogens with zero attached hydrogens (tertiary/aromatic N) is 3. The van der Waals surface area contributed by atoms with Gasteiger partial charge in [-0.05, 0) is 25.0 Å². The van der Waals surface area contributed by atoms with Crippen molar-refractivity contribution in [2.75, 3.05) is 27.7 Å². The third kappa shape index (κ3) is 5.70. The number of carbonyl (C=O) groups excluding carboxylic acids is 1. The number of hydrogen-bond acceptors (Lipinski definition) is 3. The predicted octanol–water partition coefficient (Wildman–Crippen LogP) is 2.81. The number of nitrogens with one attached hydrogen (secondary N) is 1. The van der Waals surface area contributed by atoms with E-state index in [4.69, 9.17) is 11.6 Å². The first-order valence-corrected chi connectivity index (χ1v) is 9.11. The number of hydrogen-bond donors (Lipinski definition) is 1. The second-order valence-corrected chi connectivity index (χ2v) is 7.92. The normalized spacial score (nSPS) is 15.7. The molecule has 0 unspecified atom stereocenters. The van der Waals surface area contributed by atoms with E-state index in [1.807, 2.05) is 19.2 Å². The van der Waals surface area contributed by atoms with Gasteiger partial charge in [0, 0.05) is 32.1 Å². The maximum Gasteiger partial charge on any atom is 0.243 e. The summed E-state index contributed by atoms with van der Waals surface area (Å²) in [6.07, 6.45) is 4.84. The Bertz CT molecular complexity index is 552. The van der Waals surface area contributed by atoms with Crippen LogP contribution in [0.15, 0.2) is 17.1 Å². The minimum absolute atomic E-state index is 0.00305. The van der Waals surface area contributed by atoms with Gasteiger partial charge in [-0.15, -0.1) is 11.3 Å². The van der Waals surface area contributed by atoms with Crippen LogP contribution in [0.2, 0.25) is 4.34 Å². The number of thiophene rings is 1. The number of rotatable bonds is 5. The molecule has 7 heteroatoms. The Morgan fingerprint density at radius 1 is 1.35 bits per heavy atom. The van der Waals surface area contributed by atoms with E-state index in [1.54, 1.807) is 30.3 Å². The molecule has 1 N–H and O–H groups in total. The molecule has 1 heterocycles. The number of likely N-dealkylation sites (N-methyl/N-ethyl adjacent to an activating group) is 1. The Kier molecular flexibility index (Phi) is 6.72. The summed E-state index contributed by atoms with van der Waals surface area (Å²) in [5.74, 6) is 0.792. The monoisotopic (exact) mass is 356 g/mol. The van der Waals surface area contributed by atoms with E-state index in [9.17, 15) is 4.79 Å². The molecule has 0 aliphatic heterocycles. The first kappa shape index (κ1) is 18.1. The molecule has 1 fully saturated rings. The number of guanidine groups is 1.